The molecule has 0 spiro atoms. The molecule has 0 aromatic heterocycles. The number of halogens is 1. The van der Waals surface area contributed by atoms with Crippen LogP contribution in [-0.2, 0) is 16.0 Å². The van der Waals surface area contributed by atoms with Gasteiger partial charge in [0.05, 0.1) is 12.2 Å². The standard InChI is InChI=1S/C19H21NO7.ClH/c20-19(18(25)26,11-12-2-7-15(22)16(23)10-12)8-1-9-27-17(24)13-3-5-14(21)6-4-13;/h2-7,10,21-23H,1,8-9,11,20H2,(H,25,26);1H/t19-;/m0./s1. The van der Waals surface area contributed by atoms with Gasteiger partial charge in [0.25, 0.3) is 0 Å². The predicted octanol–water partition coefficient (Wildman–Crippen LogP) is 2.19. The minimum Gasteiger partial charge on any atom is -0.508 e. The fraction of sp³-hybridized carbons (Fsp3) is 0.263. The highest BCUT2D eigenvalue weighted by molar-refractivity contribution is 5.89. The maximum Gasteiger partial charge on any atom is 0.338 e. The highest BCUT2D eigenvalue weighted by Crippen LogP contribution is 2.27. The minimum atomic E-state index is -1.62. The Kier molecular flexibility index (Phi) is 8.09. The Bertz CT molecular complexity index is 826. The van der Waals surface area contributed by atoms with Crippen molar-refractivity contribution in [3.63, 3.8) is 0 Å². The number of hydrogen-bond donors (Lipinski definition) is 5. The fourth-order valence-electron chi connectivity index (χ4n) is 2.55. The first kappa shape index (κ1) is 23.1. The monoisotopic (exact) mass is 411 g/mol. The lowest BCUT2D eigenvalue weighted by atomic mass is 9.87. The minimum absolute atomic E-state index is 0. The molecule has 2 aromatic carbocycles. The summed E-state index contributed by atoms with van der Waals surface area (Å²) in [5, 5.41) is 37.5. The largest absolute Gasteiger partial charge is 0.508 e. The number of rotatable bonds is 8. The zero-order chi connectivity index (χ0) is 20.0. The van der Waals surface area contributed by atoms with E-state index in [0.717, 1.165) is 0 Å². The van der Waals surface area contributed by atoms with Crippen LogP contribution in [0.4, 0.5) is 0 Å². The first-order valence-corrected chi connectivity index (χ1v) is 8.20. The number of aromatic hydroxyl groups is 3. The van der Waals surface area contributed by atoms with Crippen LogP contribution in [0.3, 0.4) is 0 Å². The van der Waals surface area contributed by atoms with Gasteiger partial charge in [-0.3, -0.25) is 4.79 Å². The van der Waals surface area contributed by atoms with Crippen molar-refractivity contribution in [2.75, 3.05) is 6.61 Å². The average Bonchev–Trinajstić information content (AvgIpc) is 2.62. The van der Waals surface area contributed by atoms with E-state index in [1.807, 2.05) is 0 Å². The third kappa shape index (κ3) is 6.04. The number of ether oxygens (including phenoxy) is 1. The van der Waals surface area contributed by atoms with Crippen LogP contribution in [-0.4, -0.2) is 44.5 Å². The number of nitrogens with two attached hydrogens (primary N) is 1. The number of phenols is 3. The number of carbonyl (C=O) groups is 2. The number of aliphatic carboxylic acids is 1. The Morgan fingerprint density at radius 2 is 1.64 bits per heavy atom. The van der Waals surface area contributed by atoms with Gasteiger partial charge in [0.15, 0.2) is 11.5 Å². The maximum absolute atomic E-state index is 11.9. The zero-order valence-corrected chi connectivity index (χ0v) is 15.7. The SMILES string of the molecule is Cl.N[C@@](CCCOC(=O)c1ccc(O)cc1)(Cc1ccc(O)c(O)c1)C(=O)O. The molecule has 2 aromatic rings. The van der Waals surface area contributed by atoms with Crippen molar-refractivity contribution in [2.45, 2.75) is 24.8 Å². The molecule has 0 saturated heterocycles. The molecule has 28 heavy (non-hydrogen) atoms. The Hall–Kier alpha value is -2.97. The third-order valence-electron chi connectivity index (χ3n) is 4.09. The van der Waals surface area contributed by atoms with Crippen molar-refractivity contribution >= 4 is 24.3 Å². The highest BCUT2D eigenvalue weighted by atomic mass is 35.5. The average molecular weight is 412 g/mol. The van der Waals surface area contributed by atoms with Crippen LogP contribution in [0.15, 0.2) is 42.5 Å². The molecule has 0 fully saturated rings. The van der Waals surface area contributed by atoms with Crippen LogP contribution in [0.2, 0.25) is 0 Å². The second kappa shape index (κ2) is 9.82. The summed E-state index contributed by atoms with van der Waals surface area (Å²) in [6.45, 7) is -0.0211. The van der Waals surface area contributed by atoms with Crippen LogP contribution in [0, 0.1) is 0 Å². The van der Waals surface area contributed by atoms with Crippen molar-refractivity contribution in [2.24, 2.45) is 5.73 Å². The number of phenolic OH excluding ortho intramolecular Hbond substituents is 3. The summed E-state index contributed by atoms with van der Waals surface area (Å²) in [5.41, 5.74) is 5.10. The van der Waals surface area contributed by atoms with Crippen molar-refractivity contribution < 1.29 is 34.8 Å². The quantitative estimate of drug-likeness (QED) is 0.252. The number of carboxylic acids is 1. The highest BCUT2D eigenvalue weighted by Gasteiger charge is 2.34. The molecule has 0 saturated carbocycles. The summed E-state index contributed by atoms with van der Waals surface area (Å²) < 4.78 is 5.09. The molecule has 0 unspecified atom stereocenters. The van der Waals surface area contributed by atoms with Gasteiger partial charge in [-0.05, 0) is 54.8 Å². The van der Waals surface area contributed by atoms with E-state index in [-0.39, 0.29) is 61.1 Å². The maximum atomic E-state index is 11.9. The molecular weight excluding hydrogens is 390 g/mol. The smallest absolute Gasteiger partial charge is 0.338 e. The summed E-state index contributed by atoms with van der Waals surface area (Å²) in [6, 6.07) is 9.54. The van der Waals surface area contributed by atoms with E-state index in [1.165, 1.54) is 42.5 Å². The molecule has 2 rings (SSSR count). The van der Waals surface area contributed by atoms with Crippen molar-refractivity contribution in [1.29, 1.82) is 0 Å². The molecule has 1 atom stereocenters. The molecule has 0 radical (unpaired) electrons. The normalized spacial score (nSPS) is 12.5. The zero-order valence-electron chi connectivity index (χ0n) is 14.9. The molecular formula is C19H22ClNO7. The van der Waals surface area contributed by atoms with E-state index < -0.39 is 17.5 Å². The van der Waals surface area contributed by atoms with Crippen LogP contribution >= 0.6 is 12.4 Å². The van der Waals surface area contributed by atoms with Crippen molar-refractivity contribution in [3.8, 4) is 17.2 Å². The van der Waals surface area contributed by atoms with E-state index in [4.69, 9.17) is 10.5 Å². The van der Waals surface area contributed by atoms with Gasteiger partial charge < -0.3 is 30.9 Å². The van der Waals surface area contributed by atoms with Crippen LogP contribution in [0.1, 0.15) is 28.8 Å². The van der Waals surface area contributed by atoms with E-state index in [9.17, 15) is 30.0 Å². The molecule has 152 valence electrons. The topological polar surface area (TPSA) is 150 Å². The summed E-state index contributed by atoms with van der Waals surface area (Å²) in [5.74, 6) is -2.45. The molecule has 8 nitrogen and oxygen atoms in total. The summed E-state index contributed by atoms with van der Waals surface area (Å²) in [7, 11) is 0. The number of hydrogen-bond acceptors (Lipinski definition) is 7. The molecule has 0 heterocycles. The Morgan fingerprint density at radius 1 is 1.00 bits per heavy atom. The van der Waals surface area contributed by atoms with Crippen LogP contribution in [0.5, 0.6) is 17.2 Å². The van der Waals surface area contributed by atoms with Gasteiger partial charge in [-0.15, -0.1) is 12.4 Å². The molecule has 6 N–H and O–H groups in total. The summed E-state index contributed by atoms with van der Waals surface area (Å²) in [6.07, 6.45) is 0.186. The third-order valence-corrected chi connectivity index (χ3v) is 4.09. The second-order valence-corrected chi connectivity index (χ2v) is 6.25. The van der Waals surface area contributed by atoms with Gasteiger partial charge in [0.2, 0.25) is 0 Å². The van der Waals surface area contributed by atoms with Crippen LogP contribution < -0.4 is 5.73 Å². The van der Waals surface area contributed by atoms with Gasteiger partial charge in [-0.25, -0.2) is 4.79 Å². The van der Waals surface area contributed by atoms with Gasteiger partial charge >= 0.3 is 11.9 Å². The van der Waals surface area contributed by atoms with E-state index in [0.29, 0.717) is 5.56 Å². The molecule has 0 aliphatic carbocycles. The Labute approximate surface area is 167 Å². The number of carboxylic acid groups (broad SMARTS) is 1. The second-order valence-electron chi connectivity index (χ2n) is 6.25. The van der Waals surface area contributed by atoms with Gasteiger partial charge in [-0.1, -0.05) is 6.07 Å². The Morgan fingerprint density at radius 3 is 2.21 bits per heavy atom. The van der Waals surface area contributed by atoms with E-state index in [2.05, 4.69) is 0 Å². The molecule has 0 amide bonds. The fourth-order valence-corrected chi connectivity index (χ4v) is 2.55. The van der Waals surface area contributed by atoms with Crippen molar-refractivity contribution in [1.82, 2.24) is 0 Å². The number of benzene rings is 2. The summed E-state index contributed by atoms with van der Waals surface area (Å²) in [4.78, 5) is 23.5. The lowest BCUT2D eigenvalue weighted by molar-refractivity contribution is -0.143. The van der Waals surface area contributed by atoms with E-state index in [1.54, 1.807) is 0 Å². The van der Waals surface area contributed by atoms with Gasteiger partial charge in [0.1, 0.15) is 11.3 Å². The number of carbonyl (C=O) groups excluding carboxylic acids is 1. The first-order valence-electron chi connectivity index (χ1n) is 8.20. The molecule has 0 aliphatic heterocycles. The molecule has 0 aliphatic rings. The predicted molar refractivity (Wildman–Crippen MR) is 103 cm³/mol. The van der Waals surface area contributed by atoms with Gasteiger partial charge in [-0.2, -0.15) is 0 Å². The van der Waals surface area contributed by atoms with E-state index >= 15 is 0 Å². The lowest BCUT2D eigenvalue weighted by Gasteiger charge is -2.25. The summed E-state index contributed by atoms with van der Waals surface area (Å²) >= 11 is 0. The van der Waals surface area contributed by atoms with Crippen molar-refractivity contribution in [3.05, 3.63) is 53.6 Å². The Balaban J connectivity index is 0.00000392. The van der Waals surface area contributed by atoms with Crippen LogP contribution in [0.25, 0.3) is 0 Å². The molecule has 9 heteroatoms. The lowest BCUT2D eigenvalue weighted by Crippen LogP contribution is -2.50. The van der Waals surface area contributed by atoms with Gasteiger partial charge in [0, 0.05) is 6.42 Å². The molecule has 0 bridgehead atoms. The number of esters is 1. The first-order chi connectivity index (χ1) is 12.7.